The Morgan fingerprint density at radius 3 is 2.17 bits per heavy atom. The van der Waals surface area contributed by atoms with Crippen LogP contribution in [0.4, 0.5) is 10.1 Å². The first-order valence-corrected chi connectivity index (χ1v) is 15.7. The Morgan fingerprint density at radius 1 is 0.870 bits per heavy atom. The van der Waals surface area contributed by atoms with Crippen LogP contribution in [0.2, 0.25) is 0 Å². The molecule has 2 heterocycles. The fraction of sp³-hybridized carbons (Fsp3) is 0.441. The molecular formula is C34H44FN7O4. The molecule has 12 heteroatoms. The minimum Gasteiger partial charge on any atom is -0.344 e. The van der Waals surface area contributed by atoms with Crippen molar-refractivity contribution in [3.8, 4) is 0 Å². The van der Waals surface area contributed by atoms with Gasteiger partial charge in [0.15, 0.2) is 0 Å². The van der Waals surface area contributed by atoms with Crippen molar-refractivity contribution in [3.05, 3.63) is 82.4 Å². The summed E-state index contributed by atoms with van der Waals surface area (Å²) in [5.41, 5.74) is 3.63. The van der Waals surface area contributed by atoms with Crippen molar-refractivity contribution in [1.29, 1.82) is 0 Å². The molecule has 46 heavy (non-hydrogen) atoms. The molecule has 0 radical (unpaired) electrons. The van der Waals surface area contributed by atoms with Crippen LogP contribution in [0.15, 0.2) is 48.7 Å². The Hall–Kier alpha value is -4.58. The van der Waals surface area contributed by atoms with Gasteiger partial charge in [0.2, 0.25) is 17.7 Å². The number of amides is 4. The topological polar surface area (TPSA) is 129 Å². The summed E-state index contributed by atoms with van der Waals surface area (Å²) in [6.45, 7) is 10.5. The predicted molar refractivity (Wildman–Crippen MR) is 174 cm³/mol. The van der Waals surface area contributed by atoms with E-state index in [9.17, 15) is 19.2 Å². The van der Waals surface area contributed by atoms with E-state index in [2.05, 4.69) is 25.9 Å². The van der Waals surface area contributed by atoms with Crippen LogP contribution in [-0.4, -0.2) is 88.5 Å². The van der Waals surface area contributed by atoms with Gasteiger partial charge in [0.05, 0.1) is 5.69 Å². The highest BCUT2D eigenvalue weighted by atomic mass is 19.1. The third kappa shape index (κ3) is 9.00. The number of nitrogens with one attached hydrogen (secondary N) is 3. The summed E-state index contributed by atoms with van der Waals surface area (Å²) in [5.74, 6) is -2.22. The summed E-state index contributed by atoms with van der Waals surface area (Å²) in [7, 11) is 1.99. The highest BCUT2D eigenvalue weighted by Crippen LogP contribution is 2.19. The number of piperazine rings is 1. The molecule has 1 saturated heterocycles. The number of aromatic nitrogens is 2. The quantitative estimate of drug-likeness (QED) is 0.282. The molecule has 246 valence electrons. The van der Waals surface area contributed by atoms with Gasteiger partial charge in [-0.3, -0.25) is 23.9 Å². The van der Waals surface area contributed by atoms with E-state index < -0.39 is 29.7 Å². The first kappa shape index (κ1) is 34.3. The van der Waals surface area contributed by atoms with Crippen molar-refractivity contribution < 1.29 is 23.6 Å². The number of aryl methyl sites for hydroxylation is 3. The summed E-state index contributed by atoms with van der Waals surface area (Å²) >= 11 is 0. The van der Waals surface area contributed by atoms with Gasteiger partial charge >= 0.3 is 0 Å². The maximum absolute atomic E-state index is 15.5. The molecular weight excluding hydrogens is 589 g/mol. The molecule has 3 N–H and O–H groups in total. The zero-order chi connectivity index (χ0) is 33.4. The molecule has 2 aromatic carbocycles. The Labute approximate surface area is 269 Å². The van der Waals surface area contributed by atoms with Gasteiger partial charge in [-0.2, -0.15) is 5.10 Å². The number of halogens is 1. The van der Waals surface area contributed by atoms with E-state index in [-0.39, 0.29) is 36.8 Å². The number of nitrogens with zero attached hydrogens (tertiary/aromatic N) is 4. The fourth-order valence-electron chi connectivity index (χ4n) is 5.63. The molecule has 1 fully saturated rings. The van der Waals surface area contributed by atoms with E-state index >= 15 is 4.39 Å². The van der Waals surface area contributed by atoms with Crippen LogP contribution in [0.25, 0.3) is 0 Å². The Kier molecular flexibility index (Phi) is 11.6. The Bertz CT molecular complexity index is 1540. The first-order chi connectivity index (χ1) is 22.0. The van der Waals surface area contributed by atoms with Crippen molar-refractivity contribution in [3.63, 3.8) is 0 Å². The maximum atomic E-state index is 15.5. The summed E-state index contributed by atoms with van der Waals surface area (Å²) < 4.78 is 17.0. The van der Waals surface area contributed by atoms with E-state index in [1.165, 1.54) is 23.0 Å². The second-order valence-corrected chi connectivity index (χ2v) is 11.9. The number of likely N-dealkylation sites (N-methyl/N-ethyl adjacent to an activating group) is 1. The molecule has 1 aliphatic rings. The van der Waals surface area contributed by atoms with Crippen LogP contribution < -0.4 is 16.0 Å². The second kappa shape index (κ2) is 15.6. The number of anilines is 1. The van der Waals surface area contributed by atoms with Crippen LogP contribution in [0.1, 0.15) is 53.0 Å². The van der Waals surface area contributed by atoms with Crippen LogP contribution in [-0.2, 0) is 33.8 Å². The zero-order valence-electron chi connectivity index (χ0n) is 27.2. The van der Waals surface area contributed by atoms with E-state index in [0.717, 1.165) is 29.8 Å². The lowest BCUT2D eigenvalue weighted by Crippen LogP contribution is -2.54. The number of carbonyl (C=O) groups excluding carboxylic acids is 4. The molecule has 0 saturated carbocycles. The number of hydrogen-bond acceptors (Lipinski definition) is 6. The summed E-state index contributed by atoms with van der Waals surface area (Å²) in [6, 6.07) is 9.95. The third-order valence-corrected chi connectivity index (χ3v) is 8.09. The molecule has 11 nitrogen and oxygen atoms in total. The first-order valence-electron chi connectivity index (χ1n) is 15.7. The minimum absolute atomic E-state index is 0.0634. The summed E-state index contributed by atoms with van der Waals surface area (Å²) in [6.07, 6.45) is 2.02. The Morgan fingerprint density at radius 2 is 1.54 bits per heavy atom. The van der Waals surface area contributed by atoms with E-state index in [4.69, 9.17) is 0 Å². The van der Waals surface area contributed by atoms with Gasteiger partial charge in [-0.25, -0.2) is 4.39 Å². The lowest BCUT2D eigenvalue weighted by Gasteiger charge is -2.34. The third-order valence-electron chi connectivity index (χ3n) is 8.09. The van der Waals surface area contributed by atoms with Gasteiger partial charge in [-0.15, -0.1) is 0 Å². The normalized spacial score (nSPS) is 14.8. The van der Waals surface area contributed by atoms with Gasteiger partial charge in [0, 0.05) is 58.2 Å². The van der Waals surface area contributed by atoms with E-state index in [0.29, 0.717) is 30.9 Å². The average molecular weight is 634 g/mol. The SMILES string of the molecule is CCC(=O)N[C@H](Cc1ccc(NC(=O)[C@H](Cc2cc(C)cc(C)c2)NC(=O)c2ccnn2CC)c(F)c1)C(=O)N1CCN(C)CC1. The van der Waals surface area contributed by atoms with Crippen molar-refractivity contribution in [2.75, 3.05) is 38.5 Å². The van der Waals surface area contributed by atoms with Gasteiger partial charge < -0.3 is 25.8 Å². The van der Waals surface area contributed by atoms with Crippen LogP contribution in [0, 0.1) is 19.7 Å². The lowest BCUT2D eigenvalue weighted by molar-refractivity contribution is -0.137. The van der Waals surface area contributed by atoms with Gasteiger partial charge in [-0.1, -0.05) is 42.3 Å². The summed E-state index contributed by atoms with van der Waals surface area (Å²) in [4.78, 5) is 56.2. The monoisotopic (exact) mass is 633 g/mol. The van der Waals surface area contributed by atoms with E-state index in [1.807, 2.05) is 46.0 Å². The molecule has 1 aromatic heterocycles. The van der Waals surface area contributed by atoms with Gasteiger partial charge in [0.25, 0.3) is 5.91 Å². The van der Waals surface area contributed by atoms with Crippen molar-refractivity contribution in [2.45, 2.75) is 65.6 Å². The van der Waals surface area contributed by atoms with Crippen LogP contribution in [0.3, 0.4) is 0 Å². The Balaban J connectivity index is 1.51. The molecule has 0 spiro atoms. The second-order valence-electron chi connectivity index (χ2n) is 11.9. The largest absolute Gasteiger partial charge is 0.344 e. The lowest BCUT2D eigenvalue weighted by atomic mass is 10.00. The standard InChI is InChI=1S/C34H44FN7O4/c1-6-31(43)37-29(34(46)41-14-12-40(5)13-15-41)20-24-8-9-27(26(35)19-24)38-32(44)28(21-25-17-22(3)16-23(4)18-25)39-33(45)30-10-11-36-42(30)7-2/h8-11,16-19,28-29H,6-7,12-15,20-21H2,1-5H3,(H,37,43)(H,38,44)(H,39,45)/t28-,29+/m0/s1. The molecule has 0 unspecified atom stereocenters. The highest BCUT2D eigenvalue weighted by molar-refractivity contribution is 6.00. The summed E-state index contributed by atoms with van der Waals surface area (Å²) in [5, 5.41) is 12.4. The molecule has 0 bridgehead atoms. The molecule has 4 amide bonds. The molecule has 0 aliphatic carbocycles. The van der Waals surface area contributed by atoms with Crippen molar-refractivity contribution in [2.24, 2.45) is 0 Å². The predicted octanol–water partition coefficient (Wildman–Crippen LogP) is 2.85. The maximum Gasteiger partial charge on any atom is 0.270 e. The highest BCUT2D eigenvalue weighted by Gasteiger charge is 2.29. The molecule has 4 rings (SSSR count). The molecule has 2 atom stereocenters. The molecule has 3 aromatic rings. The van der Waals surface area contributed by atoms with Crippen molar-refractivity contribution >= 4 is 29.3 Å². The van der Waals surface area contributed by atoms with Crippen LogP contribution in [0.5, 0.6) is 0 Å². The number of rotatable bonds is 12. The zero-order valence-corrected chi connectivity index (χ0v) is 27.2. The minimum atomic E-state index is -1.01. The average Bonchev–Trinajstić information content (AvgIpc) is 3.50. The van der Waals surface area contributed by atoms with Gasteiger partial charge in [-0.05, 0) is 57.1 Å². The fourth-order valence-corrected chi connectivity index (χ4v) is 5.63. The number of hydrogen-bond donors (Lipinski definition) is 3. The number of carbonyl (C=O) groups is 4. The van der Waals surface area contributed by atoms with Crippen LogP contribution >= 0.6 is 0 Å². The van der Waals surface area contributed by atoms with Crippen molar-refractivity contribution in [1.82, 2.24) is 30.2 Å². The number of benzene rings is 2. The molecule has 1 aliphatic heterocycles. The van der Waals surface area contributed by atoms with Gasteiger partial charge in [0.1, 0.15) is 23.6 Å². The smallest absolute Gasteiger partial charge is 0.270 e. The van der Waals surface area contributed by atoms with E-state index in [1.54, 1.807) is 24.0 Å².